The van der Waals surface area contributed by atoms with Gasteiger partial charge in [0.05, 0.1) is 6.04 Å². The lowest BCUT2D eigenvalue weighted by Gasteiger charge is -2.37. The van der Waals surface area contributed by atoms with Crippen molar-refractivity contribution in [2.24, 2.45) is 5.73 Å². The van der Waals surface area contributed by atoms with Crippen molar-refractivity contribution < 1.29 is 18.8 Å². The van der Waals surface area contributed by atoms with Gasteiger partial charge in [0, 0.05) is 18.9 Å². The molecule has 2 amide bonds. The van der Waals surface area contributed by atoms with Gasteiger partial charge in [-0.05, 0) is 56.7 Å². The molecule has 0 saturated heterocycles. The molecular weight excluding hydrogens is 566 g/mol. The van der Waals surface area contributed by atoms with Gasteiger partial charge in [-0.3, -0.25) is 4.79 Å². The summed E-state index contributed by atoms with van der Waals surface area (Å²) in [7, 11) is 0. The zero-order chi connectivity index (χ0) is 32.3. The van der Waals surface area contributed by atoms with E-state index < -0.39 is 23.3 Å². The van der Waals surface area contributed by atoms with E-state index in [-0.39, 0.29) is 18.2 Å². The third-order valence-corrected chi connectivity index (χ3v) is 7.58. The number of benzene rings is 3. The van der Waals surface area contributed by atoms with E-state index in [0.717, 1.165) is 36.0 Å². The van der Waals surface area contributed by atoms with Crippen molar-refractivity contribution in [2.45, 2.75) is 82.9 Å². The molecule has 0 spiro atoms. The second-order valence-electron chi connectivity index (χ2n) is 12.4. The molecule has 0 aliphatic heterocycles. The Balaban J connectivity index is 1.36. The second-order valence-corrected chi connectivity index (χ2v) is 12.4. The quantitative estimate of drug-likeness (QED) is 0.106. The zero-order valence-electron chi connectivity index (χ0n) is 26.7. The molecule has 4 N–H and O–H groups in total. The minimum Gasteiger partial charge on any atom is -0.444 e. The van der Waals surface area contributed by atoms with Crippen LogP contribution in [0.25, 0.3) is 0 Å². The molecule has 4 rings (SSSR count). The van der Waals surface area contributed by atoms with E-state index in [2.05, 4.69) is 20.8 Å². The number of rotatable bonds is 14. The van der Waals surface area contributed by atoms with Crippen LogP contribution in [0.3, 0.4) is 0 Å². The van der Waals surface area contributed by atoms with E-state index in [4.69, 9.17) is 15.0 Å². The van der Waals surface area contributed by atoms with Gasteiger partial charge in [0.15, 0.2) is 5.82 Å². The Morgan fingerprint density at radius 3 is 1.89 bits per heavy atom. The van der Waals surface area contributed by atoms with Gasteiger partial charge in [-0.1, -0.05) is 109 Å². The second kappa shape index (κ2) is 15.5. The summed E-state index contributed by atoms with van der Waals surface area (Å²) in [6.07, 6.45) is 2.61. The number of carbonyl (C=O) groups is 2. The van der Waals surface area contributed by atoms with Crippen LogP contribution < -0.4 is 16.4 Å². The number of hydrogen-bond acceptors (Lipinski definition) is 7. The maximum atomic E-state index is 13.6. The van der Waals surface area contributed by atoms with E-state index in [1.54, 1.807) is 0 Å². The summed E-state index contributed by atoms with van der Waals surface area (Å²) in [4.78, 5) is 30.0. The molecule has 1 aromatic heterocycles. The van der Waals surface area contributed by atoms with Crippen molar-refractivity contribution in [3.05, 3.63) is 119 Å². The Morgan fingerprint density at radius 1 is 0.844 bits per heavy atom. The predicted molar refractivity (Wildman–Crippen MR) is 174 cm³/mol. The fourth-order valence-electron chi connectivity index (χ4n) is 5.27. The van der Waals surface area contributed by atoms with E-state index in [0.29, 0.717) is 24.7 Å². The average molecular weight is 612 g/mol. The minimum absolute atomic E-state index is 0.0581. The normalized spacial score (nSPS) is 13.1. The summed E-state index contributed by atoms with van der Waals surface area (Å²) in [6.45, 7) is 8.07. The molecule has 0 fully saturated rings. The highest BCUT2D eigenvalue weighted by atomic mass is 16.6. The van der Waals surface area contributed by atoms with Crippen LogP contribution in [0, 0.1) is 0 Å². The Bertz CT molecular complexity index is 1390. The molecule has 0 unspecified atom stereocenters. The molecule has 0 saturated carbocycles. The lowest BCUT2D eigenvalue weighted by Crippen LogP contribution is -2.47. The van der Waals surface area contributed by atoms with Gasteiger partial charge >= 0.3 is 6.09 Å². The topological polar surface area (TPSA) is 132 Å². The summed E-state index contributed by atoms with van der Waals surface area (Å²) in [5, 5.41) is 10.3. The smallest absolute Gasteiger partial charge is 0.407 e. The Morgan fingerprint density at radius 2 is 1.38 bits per heavy atom. The highest BCUT2D eigenvalue weighted by molar-refractivity contribution is 5.79. The molecule has 45 heavy (non-hydrogen) atoms. The largest absolute Gasteiger partial charge is 0.444 e. The summed E-state index contributed by atoms with van der Waals surface area (Å²) in [5.74, 6) is 0.816. The molecule has 3 aromatic carbocycles. The van der Waals surface area contributed by atoms with Crippen molar-refractivity contribution in [3.8, 4) is 0 Å². The molecule has 0 aliphatic carbocycles. The monoisotopic (exact) mass is 611 g/mol. The van der Waals surface area contributed by atoms with Crippen LogP contribution in [-0.4, -0.2) is 34.3 Å². The lowest BCUT2D eigenvalue weighted by atomic mass is 9.77. The highest BCUT2D eigenvalue weighted by Crippen LogP contribution is 2.37. The van der Waals surface area contributed by atoms with Crippen LogP contribution in [0.4, 0.5) is 4.79 Å². The molecule has 9 nitrogen and oxygen atoms in total. The third kappa shape index (κ3) is 9.25. The van der Waals surface area contributed by atoms with Crippen molar-refractivity contribution in [1.29, 1.82) is 0 Å². The predicted octanol–water partition coefficient (Wildman–Crippen LogP) is 6.76. The maximum Gasteiger partial charge on any atom is 0.407 e. The number of nitrogens with two attached hydrogens (primary N) is 1. The Hall–Kier alpha value is -4.50. The van der Waals surface area contributed by atoms with Crippen molar-refractivity contribution >= 4 is 12.0 Å². The molecular formula is C36H45N5O4. The first kappa shape index (κ1) is 33.4. The number of amides is 2. The van der Waals surface area contributed by atoms with E-state index in [1.807, 2.05) is 119 Å². The van der Waals surface area contributed by atoms with Crippen LogP contribution in [-0.2, 0) is 15.1 Å². The van der Waals surface area contributed by atoms with Crippen LogP contribution in [0.5, 0.6) is 0 Å². The summed E-state index contributed by atoms with van der Waals surface area (Å²) < 4.78 is 10.8. The fourth-order valence-corrected chi connectivity index (χ4v) is 5.27. The first-order chi connectivity index (χ1) is 21.6. The molecule has 0 aliphatic rings. The maximum absolute atomic E-state index is 13.6. The lowest BCUT2D eigenvalue weighted by molar-refractivity contribution is -0.122. The SMILES string of the molecule is C[C@@H](CCCCNC(=O)OC(C)(C)C)c1noc([C@@H](N)CCC(=O)NC(c2ccccc2)(c2ccccc2)c2ccccc2)n1. The molecule has 0 radical (unpaired) electrons. The number of alkyl carbamates (subject to hydrolysis) is 1. The van der Waals surface area contributed by atoms with Gasteiger partial charge in [-0.15, -0.1) is 0 Å². The van der Waals surface area contributed by atoms with Crippen LogP contribution in [0.1, 0.15) is 100 Å². The number of carbonyl (C=O) groups excluding carboxylic acids is 2. The third-order valence-electron chi connectivity index (χ3n) is 7.58. The van der Waals surface area contributed by atoms with Crippen molar-refractivity contribution in [3.63, 3.8) is 0 Å². The van der Waals surface area contributed by atoms with Crippen molar-refractivity contribution in [1.82, 2.24) is 20.8 Å². The van der Waals surface area contributed by atoms with Crippen molar-refractivity contribution in [2.75, 3.05) is 6.54 Å². The molecule has 238 valence electrons. The van der Waals surface area contributed by atoms with Crippen LogP contribution in [0.2, 0.25) is 0 Å². The summed E-state index contributed by atoms with van der Waals surface area (Å²) in [5.41, 5.74) is 7.90. The number of ether oxygens (including phenoxy) is 1. The number of unbranched alkanes of at least 4 members (excludes halogenated alkanes) is 1. The highest BCUT2D eigenvalue weighted by Gasteiger charge is 2.37. The molecule has 4 aromatic rings. The summed E-state index contributed by atoms with van der Waals surface area (Å²) >= 11 is 0. The van der Waals surface area contributed by atoms with E-state index >= 15 is 0 Å². The number of nitrogens with zero attached hydrogens (tertiary/aromatic N) is 2. The standard InChI is InChI=1S/C36H45N5O4/c1-26(16-14-15-25-38-34(43)44-35(2,3)4)32-39-33(45-41-32)30(37)23-24-31(42)40-36(27-17-8-5-9-18-27,28-19-10-6-11-20-28)29-21-12-7-13-22-29/h5-13,17-22,26,30H,14-16,23-25,37H2,1-4H3,(H,38,43)(H,40,42)/t26-,30-/m0/s1. The van der Waals surface area contributed by atoms with Gasteiger partial charge < -0.3 is 25.6 Å². The zero-order valence-corrected chi connectivity index (χ0v) is 26.7. The first-order valence-corrected chi connectivity index (χ1v) is 15.6. The fraction of sp³-hybridized carbons (Fsp3) is 0.389. The van der Waals surface area contributed by atoms with E-state index in [9.17, 15) is 9.59 Å². The molecule has 0 bridgehead atoms. The van der Waals surface area contributed by atoms with Gasteiger partial charge in [-0.2, -0.15) is 4.98 Å². The molecule has 9 heteroatoms. The van der Waals surface area contributed by atoms with Gasteiger partial charge in [-0.25, -0.2) is 4.79 Å². The Kier molecular flexibility index (Phi) is 11.5. The van der Waals surface area contributed by atoms with Crippen LogP contribution in [0.15, 0.2) is 95.5 Å². The summed E-state index contributed by atoms with van der Waals surface area (Å²) in [6, 6.07) is 29.4. The van der Waals surface area contributed by atoms with Gasteiger partial charge in [0.25, 0.3) is 0 Å². The van der Waals surface area contributed by atoms with Gasteiger partial charge in [0.1, 0.15) is 11.1 Å². The Labute approximate surface area is 266 Å². The number of aromatic nitrogens is 2. The van der Waals surface area contributed by atoms with Crippen LogP contribution >= 0.6 is 0 Å². The first-order valence-electron chi connectivity index (χ1n) is 15.6. The molecule has 2 atom stereocenters. The number of hydrogen-bond donors (Lipinski definition) is 3. The minimum atomic E-state index is -0.888. The number of nitrogens with one attached hydrogen (secondary N) is 2. The average Bonchev–Trinajstić information content (AvgIpc) is 3.54. The van der Waals surface area contributed by atoms with E-state index in [1.165, 1.54) is 0 Å². The molecule has 1 heterocycles. The van der Waals surface area contributed by atoms with Gasteiger partial charge in [0.2, 0.25) is 11.8 Å².